The summed E-state index contributed by atoms with van der Waals surface area (Å²) < 4.78 is 5.98. The normalized spacial score (nSPS) is 31.1. The van der Waals surface area contributed by atoms with Gasteiger partial charge in [-0.25, -0.2) is 4.98 Å². The fourth-order valence-electron chi connectivity index (χ4n) is 2.34. The molecule has 3 rings (SSSR count). The first-order valence-corrected chi connectivity index (χ1v) is 6.21. The summed E-state index contributed by atoms with van der Waals surface area (Å²) in [6.07, 6.45) is -0.721. The zero-order valence-electron chi connectivity index (χ0n) is 9.78. The number of hydrogen-bond acceptors (Lipinski definition) is 6. The second-order valence-corrected chi connectivity index (χ2v) is 4.87. The van der Waals surface area contributed by atoms with Crippen LogP contribution in [0.5, 0.6) is 0 Å². The summed E-state index contributed by atoms with van der Waals surface area (Å²) in [5.74, 6) is 0. The average molecular weight is 283 g/mol. The fourth-order valence-corrected chi connectivity index (χ4v) is 2.56. The molecule has 7 nitrogen and oxygen atoms in total. The summed E-state index contributed by atoms with van der Waals surface area (Å²) >= 11 is 5.12. The van der Waals surface area contributed by atoms with Gasteiger partial charge in [0.15, 0.2) is 0 Å². The molecule has 2 aromatic rings. The number of aliphatic hydroxyl groups is 3. The minimum Gasteiger partial charge on any atom is -0.394 e. The highest BCUT2D eigenvalue weighted by molar-refractivity contribution is 7.71. The molecular formula is C11H13N3O4S. The van der Waals surface area contributed by atoms with Crippen molar-refractivity contribution in [1.29, 1.82) is 0 Å². The Morgan fingerprint density at radius 2 is 2.11 bits per heavy atom. The van der Waals surface area contributed by atoms with E-state index in [0.29, 0.717) is 21.2 Å². The number of ether oxygens (including phenoxy) is 1. The molecule has 1 aliphatic rings. The Kier molecular flexibility index (Phi) is 3.11. The summed E-state index contributed by atoms with van der Waals surface area (Å²) in [5, 5.41) is 28.9. The number of nitrogens with one attached hydrogen (secondary N) is 2. The molecular weight excluding hydrogens is 270 g/mol. The molecule has 1 aliphatic heterocycles. The molecule has 0 spiro atoms. The molecule has 2 aromatic heterocycles. The lowest BCUT2D eigenvalue weighted by molar-refractivity contribution is -0.0224. The smallest absolute Gasteiger partial charge is 0.129 e. The van der Waals surface area contributed by atoms with Crippen molar-refractivity contribution >= 4 is 23.3 Å². The van der Waals surface area contributed by atoms with Crippen LogP contribution < -0.4 is 0 Å². The van der Waals surface area contributed by atoms with Crippen LogP contribution in [-0.2, 0) is 4.74 Å². The molecule has 1 fully saturated rings. The van der Waals surface area contributed by atoms with Crippen molar-refractivity contribution in [3.05, 3.63) is 22.7 Å². The maximum Gasteiger partial charge on any atom is 0.129 e. The first kappa shape index (κ1) is 12.7. The number of aliphatic hydroxyl groups excluding tert-OH is 3. The molecule has 0 radical (unpaired) electrons. The van der Waals surface area contributed by atoms with Crippen LogP contribution in [0.3, 0.4) is 0 Å². The maximum absolute atomic E-state index is 10.0. The second-order valence-electron chi connectivity index (χ2n) is 4.46. The van der Waals surface area contributed by atoms with Crippen molar-refractivity contribution in [2.24, 2.45) is 0 Å². The number of hydrogen-bond donors (Lipinski definition) is 5. The van der Waals surface area contributed by atoms with Crippen LogP contribution in [0.25, 0.3) is 11.0 Å². The molecule has 1 saturated heterocycles. The number of fused-ring (bicyclic) bond motifs is 1. The van der Waals surface area contributed by atoms with Gasteiger partial charge in [0.25, 0.3) is 0 Å². The molecule has 0 saturated carbocycles. The van der Waals surface area contributed by atoms with Crippen molar-refractivity contribution < 1.29 is 20.1 Å². The van der Waals surface area contributed by atoms with Crippen molar-refractivity contribution in [3.63, 3.8) is 0 Å². The van der Waals surface area contributed by atoms with E-state index in [1.54, 1.807) is 6.20 Å². The van der Waals surface area contributed by atoms with E-state index in [-0.39, 0.29) is 6.61 Å². The predicted octanol–water partition coefficient (Wildman–Crippen LogP) is -0.226. The van der Waals surface area contributed by atoms with Crippen molar-refractivity contribution in [1.82, 2.24) is 15.0 Å². The first-order valence-electron chi connectivity index (χ1n) is 5.80. The van der Waals surface area contributed by atoms with Crippen LogP contribution >= 0.6 is 12.2 Å². The lowest BCUT2D eigenvalue weighted by Gasteiger charge is -2.15. The van der Waals surface area contributed by atoms with Crippen LogP contribution in [0.1, 0.15) is 11.7 Å². The minimum absolute atomic E-state index is 0.360. The number of aromatic nitrogens is 3. The van der Waals surface area contributed by atoms with Crippen molar-refractivity contribution in [2.45, 2.75) is 24.4 Å². The second kappa shape index (κ2) is 4.66. The number of H-pyrrole nitrogens is 2. The Morgan fingerprint density at radius 1 is 1.32 bits per heavy atom. The summed E-state index contributed by atoms with van der Waals surface area (Å²) in [4.78, 5) is 9.95. The van der Waals surface area contributed by atoms with E-state index in [9.17, 15) is 10.2 Å². The topological polar surface area (TPSA) is 114 Å². The SMILES string of the molecule is OC[C@H]1OC(c2c[nH]c(=S)c3[nH]cnc23)[C@H](O)[C@@H]1O. The lowest BCUT2D eigenvalue weighted by Crippen LogP contribution is -2.32. The van der Waals surface area contributed by atoms with Crippen LogP contribution in [0.15, 0.2) is 12.5 Å². The number of imidazole rings is 1. The van der Waals surface area contributed by atoms with Gasteiger partial charge in [0, 0.05) is 11.8 Å². The van der Waals surface area contributed by atoms with Gasteiger partial charge in [-0.1, -0.05) is 12.2 Å². The number of pyridine rings is 1. The summed E-state index contributed by atoms with van der Waals surface area (Å²) in [5.41, 5.74) is 1.82. The van der Waals surface area contributed by atoms with Crippen molar-refractivity contribution in [2.75, 3.05) is 6.61 Å². The quantitative estimate of drug-likeness (QED) is 0.487. The van der Waals surface area contributed by atoms with Crippen LogP contribution in [0, 0.1) is 4.64 Å². The maximum atomic E-state index is 10.0. The van der Waals surface area contributed by atoms with Gasteiger partial charge in [0.05, 0.1) is 18.5 Å². The Labute approximate surface area is 112 Å². The molecule has 5 N–H and O–H groups in total. The van der Waals surface area contributed by atoms with E-state index in [2.05, 4.69) is 15.0 Å². The Balaban J connectivity index is 2.08. The molecule has 0 amide bonds. The largest absolute Gasteiger partial charge is 0.394 e. The summed E-state index contributed by atoms with van der Waals surface area (Å²) in [6, 6.07) is 0. The molecule has 8 heteroatoms. The Bertz CT molecular complexity index is 655. The molecule has 4 atom stereocenters. The van der Waals surface area contributed by atoms with E-state index in [4.69, 9.17) is 22.1 Å². The monoisotopic (exact) mass is 283 g/mol. The minimum atomic E-state index is -1.13. The summed E-state index contributed by atoms with van der Waals surface area (Å²) in [6.45, 7) is -0.360. The highest BCUT2D eigenvalue weighted by Gasteiger charge is 2.43. The first-order chi connectivity index (χ1) is 9.13. The highest BCUT2D eigenvalue weighted by Crippen LogP contribution is 2.35. The van der Waals surface area contributed by atoms with Gasteiger partial charge in [-0.2, -0.15) is 0 Å². The van der Waals surface area contributed by atoms with E-state index in [0.717, 1.165) is 0 Å². The Morgan fingerprint density at radius 3 is 2.79 bits per heavy atom. The van der Waals surface area contributed by atoms with E-state index in [1.165, 1.54) is 6.33 Å². The van der Waals surface area contributed by atoms with Gasteiger partial charge in [0.1, 0.15) is 34.6 Å². The highest BCUT2D eigenvalue weighted by atomic mass is 32.1. The van der Waals surface area contributed by atoms with E-state index < -0.39 is 24.4 Å². The average Bonchev–Trinajstić information content (AvgIpc) is 2.99. The molecule has 3 heterocycles. The number of rotatable bonds is 2. The molecule has 1 unspecified atom stereocenters. The number of nitrogens with zero attached hydrogens (tertiary/aromatic N) is 1. The van der Waals surface area contributed by atoms with E-state index >= 15 is 0 Å². The van der Waals surface area contributed by atoms with Gasteiger partial charge in [-0.3, -0.25) is 0 Å². The number of aromatic amines is 2. The van der Waals surface area contributed by atoms with Crippen molar-refractivity contribution in [3.8, 4) is 0 Å². The standard InChI is InChI=1S/C11H13N3O4S/c15-2-5-8(16)9(17)10(18-5)4-1-12-11(19)7-6(4)13-3-14-7/h1,3,5,8-10,15-17H,2H2,(H,12,19)(H,13,14)/t5-,8-,9-,10?/m1/s1. The zero-order valence-corrected chi connectivity index (χ0v) is 10.6. The third kappa shape index (κ3) is 1.88. The Hall–Kier alpha value is -1.32. The predicted molar refractivity (Wildman–Crippen MR) is 68.0 cm³/mol. The molecule has 19 heavy (non-hydrogen) atoms. The lowest BCUT2D eigenvalue weighted by atomic mass is 10.0. The van der Waals surface area contributed by atoms with Gasteiger partial charge in [-0.05, 0) is 0 Å². The molecule has 102 valence electrons. The molecule has 0 bridgehead atoms. The van der Waals surface area contributed by atoms with Gasteiger partial charge in [0.2, 0.25) is 0 Å². The summed E-state index contributed by atoms with van der Waals surface area (Å²) in [7, 11) is 0. The third-order valence-electron chi connectivity index (χ3n) is 3.35. The van der Waals surface area contributed by atoms with Crippen LogP contribution in [0.2, 0.25) is 0 Å². The van der Waals surface area contributed by atoms with Gasteiger partial charge < -0.3 is 30.0 Å². The van der Waals surface area contributed by atoms with Gasteiger partial charge in [-0.15, -0.1) is 0 Å². The third-order valence-corrected chi connectivity index (χ3v) is 3.67. The van der Waals surface area contributed by atoms with Crippen LogP contribution in [-0.4, -0.2) is 55.2 Å². The van der Waals surface area contributed by atoms with E-state index in [1.807, 2.05) is 0 Å². The fraction of sp³-hybridized carbons (Fsp3) is 0.455. The zero-order chi connectivity index (χ0) is 13.6. The van der Waals surface area contributed by atoms with Crippen LogP contribution in [0.4, 0.5) is 0 Å². The molecule has 0 aromatic carbocycles. The molecule has 0 aliphatic carbocycles. The van der Waals surface area contributed by atoms with Gasteiger partial charge >= 0.3 is 0 Å².